The molecule has 0 spiro atoms. The van der Waals surface area contributed by atoms with E-state index in [2.05, 4.69) is 9.97 Å². The van der Waals surface area contributed by atoms with E-state index in [1.807, 2.05) is 30.3 Å². The number of halogens is 1. The highest BCUT2D eigenvalue weighted by molar-refractivity contribution is 6.34. The summed E-state index contributed by atoms with van der Waals surface area (Å²) < 4.78 is 17.2. The topological polar surface area (TPSA) is 117 Å². The van der Waals surface area contributed by atoms with Gasteiger partial charge in [-0.25, -0.2) is 0 Å². The largest absolute Gasteiger partial charge is 0.507 e. The third kappa shape index (κ3) is 3.56. The maximum Gasteiger partial charge on any atom is 0.295 e. The number of phenols is 2. The van der Waals surface area contributed by atoms with Crippen LogP contribution in [0.15, 0.2) is 54.6 Å². The van der Waals surface area contributed by atoms with Gasteiger partial charge in [0, 0.05) is 5.56 Å². The number of aliphatic hydroxyl groups is 1. The van der Waals surface area contributed by atoms with Crippen molar-refractivity contribution < 1.29 is 29.5 Å². The Morgan fingerprint density at radius 3 is 2.41 bits per heavy atom. The van der Waals surface area contributed by atoms with Crippen molar-refractivity contribution in [1.82, 2.24) is 9.97 Å². The van der Waals surface area contributed by atoms with Crippen LogP contribution in [0.25, 0.3) is 33.3 Å². The number of aromatic amines is 1. The van der Waals surface area contributed by atoms with E-state index in [1.165, 1.54) is 12.1 Å². The van der Waals surface area contributed by atoms with Gasteiger partial charge in [-0.15, -0.1) is 0 Å². The zero-order chi connectivity index (χ0) is 23.4. The van der Waals surface area contributed by atoms with Gasteiger partial charge in [0.15, 0.2) is 6.10 Å². The first-order chi connectivity index (χ1) is 16.5. The molecule has 0 aliphatic carbocycles. The summed E-state index contributed by atoms with van der Waals surface area (Å²) in [7, 11) is 0. The Balaban J connectivity index is 1.27. The number of nitrogens with one attached hydrogen (secondary N) is 1. The van der Waals surface area contributed by atoms with E-state index in [0.717, 1.165) is 16.6 Å². The SMILES string of the molecule is Oc1cccc(O)c1-c1ccc(-c2cc3nc(O[C@@H]4CO[C@H]5[C@@H]4OC[C@H]5O)[nH]c3cc2Cl)cc1. The smallest absolute Gasteiger partial charge is 0.295 e. The Labute approximate surface area is 199 Å². The average Bonchev–Trinajstić information content (AvgIpc) is 3.50. The molecule has 0 bridgehead atoms. The molecule has 6 rings (SSSR count). The van der Waals surface area contributed by atoms with E-state index < -0.39 is 6.10 Å². The lowest BCUT2D eigenvalue weighted by Gasteiger charge is -2.15. The summed E-state index contributed by atoms with van der Waals surface area (Å²) in [6, 6.07) is 16.0. The van der Waals surface area contributed by atoms with Gasteiger partial charge in [0.1, 0.15) is 29.8 Å². The molecule has 8 nitrogen and oxygen atoms in total. The van der Waals surface area contributed by atoms with Crippen molar-refractivity contribution in [3.05, 3.63) is 59.6 Å². The number of aromatic nitrogens is 2. The van der Waals surface area contributed by atoms with Crippen molar-refractivity contribution in [1.29, 1.82) is 0 Å². The first-order valence-corrected chi connectivity index (χ1v) is 11.2. The Kier molecular flexibility index (Phi) is 5.11. The third-order valence-electron chi connectivity index (χ3n) is 6.30. The Morgan fingerprint density at radius 2 is 1.65 bits per heavy atom. The second-order valence-corrected chi connectivity index (χ2v) is 8.87. The van der Waals surface area contributed by atoms with Gasteiger partial charge >= 0.3 is 0 Å². The van der Waals surface area contributed by atoms with E-state index in [1.54, 1.807) is 12.1 Å². The molecule has 34 heavy (non-hydrogen) atoms. The lowest BCUT2D eigenvalue weighted by Crippen LogP contribution is -2.34. The summed E-state index contributed by atoms with van der Waals surface area (Å²) in [6.07, 6.45) is -1.71. The van der Waals surface area contributed by atoms with Crippen molar-refractivity contribution in [3.8, 4) is 39.8 Å². The monoisotopic (exact) mass is 480 g/mol. The number of nitrogens with zero attached hydrogens (tertiary/aromatic N) is 1. The zero-order valence-corrected chi connectivity index (χ0v) is 18.6. The van der Waals surface area contributed by atoms with Crippen LogP contribution in [-0.4, -0.2) is 62.9 Å². The van der Waals surface area contributed by atoms with Gasteiger partial charge in [-0.1, -0.05) is 41.9 Å². The normalized spacial score (nSPS) is 23.9. The summed E-state index contributed by atoms with van der Waals surface area (Å²) in [5.74, 6) is 0.0144. The van der Waals surface area contributed by atoms with E-state index in [-0.39, 0.29) is 36.4 Å². The molecular formula is C25H21ClN2O6. The van der Waals surface area contributed by atoms with Crippen LogP contribution in [-0.2, 0) is 9.47 Å². The second kappa shape index (κ2) is 8.18. The fraction of sp³-hybridized carbons (Fsp3) is 0.240. The Hall–Kier alpha value is -3.30. The van der Waals surface area contributed by atoms with E-state index in [4.69, 9.17) is 25.8 Å². The van der Waals surface area contributed by atoms with Gasteiger partial charge < -0.3 is 34.5 Å². The molecule has 0 unspecified atom stereocenters. The highest BCUT2D eigenvalue weighted by Crippen LogP contribution is 2.39. The average molecular weight is 481 g/mol. The second-order valence-electron chi connectivity index (χ2n) is 8.46. The highest BCUT2D eigenvalue weighted by Gasteiger charge is 2.48. The number of benzene rings is 3. The fourth-order valence-corrected chi connectivity index (χ4v) is 4.89. The minimum atomic E-state index is -0.642. The van der Waals surface area contributed by atoms with Gasteiger partial charge in [-0.3, -0.25) is 0 Å². The summed E-state index contributed by atoms with van der Waals surface area (Å²) in [6.45, 7) is 0.547. The zero-order valence-electron chi connectivity index (χ0n) is 17.8. The molecule has 2 aliphatic heterocycles. The number of phenolic OH excluding ortho intramolecular Hbond substituents is 2. The third-order valence-corrected chi connectivity index (χ3v) is 6.61. The number of rotatable bonds is 4. The molecule has 0 radical (unpaired) electrons. The molecule has 4 atom stereocenters. The minimum Gasteiger partial charge on any atom is -0.507 e. The Bertz CT molecular complexity index is 1350. The highest BCUT2D eigenvalue weighted by atomic mass is 35.5. The van der Waals surface area contributed by atoms with Crippen LogP contribution in [0.4, 0.5) is 0 Å². The minimum absolute atomic E-state index is 0.00718. The number of H-pyrrole nitrogens is 1. The van der Waals surface area contributed by atoms with Gasteiger partial charge in [0.2, 0.25) is 0 Å². The first-order valence-electron chi connectivity index (χ1n) is 10.9. The van der Waals surface area contributed by atoms with Crippen LogP contribution < -0.4 is 4.74 Å². The maximum absolute atomic E-state index is 10.1. The number of aliphatic hydroxyl groups excluding tert-OH is 1. The number of imidazole rings is 1. The number of ether oxygens (including phenoxy) is 3. The summed E-state index contributed by atoms with van der Waals surface area (Å²) in [4.78, 5) is 7.68. The summed E-state index contributed by atoms with van der Waals surface area (Å²) in [5, 5.41) is 30.7. The molecule has 4 N–H and O–H groups in total. The molecule has 2 fully saturated rings. The molecule has 0 amide bonds. The number of fused-ring (bicyclic) bond motifs is 2. The lowest BCUT2D eigenvalue weighted by atomic mass is 9.99. The number of hydrogen-bond acceptors (Lipinski definition) is 7. The molecule has 0 saturated carbocycles. The lowest BCUT2D eigenvalue weighted by molar-refractivity contribution is 0.00706. The molecule has 174 valence electrons. The van der Waals surface area contributed by atoms with E-state index >= 15 is 0 Å². The quantitative estimate of drug-likeness (QED) is 0.350. The molecular weight excluding hydrogens is 460 g/mol. The predicted molar refractivity (Wildman–Crippen MR) is 125 cm³/mol. The molecule has 3 heterocycles. The maximum atomic E-state index is 10.1. The summed E-state index contributed by atoms with van der Waals surface area (Å²) in [5.41, 5.74) is 4.11. The van der Waals surface area contributed by atoms with Crippen LogP contribution in [0.3, 0.4) is 0 Å². The first kappa shape index (κ1) is 21.2. The van der Waals surface area contributed by atoms with Crippen LogP contribution in [0, 0.1) is 0 Å². The van der Waals surface area contributed by atoms with Gasteiger partial charge in [0.05, 0.1) is 34.8 Å². The van der Waals surface area contributed by atoms with Crippen molar-refractivity contribution in [2.45, 2.75) is 24.4 Å². The fourth-order valence-electron chi connectivity index (χ4n) is 4.61. The molecule has 9 heteroatoms. The number of hydrogen-bond donors (Lipinski definition) is 4. The van der Waals surface area contributed by atoms with Crippen LogP contribution in [0.1, 0.15) is 0 Å². The van der Waals surface area contributed by atoms with Crippen molar-refractivity contribution in [3.63, 3.8) is 0 Å². The van der Waals surface area contributed by atoms with Crippen molar-refractivity contribution in [2.75, 3.05) is 13.2 Å². The van der Waals surface area contributed by atoms with Crippen molar-refractivity contribution in [2.24, 2.45) is 0 Å². The van der Waals surface area contributed by atoms with Gasteiger partial charge in [0.25, 0.3) is 6.01 Å². The van der Waals surface area contributed by atoms with E-state index in [0.29, 0.717) is 34.3 Å². The van der Waals surface area contributed by atoms with Crippen LogP contribution in [0.2, 0.25) is 5.02 Å². The van der Waals surface area contributed by atoms with Crippen LogP contribution in [0.5, 0.6) is 17.5 Å². The molecule has 4 aromatic rings. The summed E-state index contributed by atoms with van der Waals surface area (Å²) >= 11 is 6.58. The number of aromatic hydroxyl groups is 2. The molecule has 2 saturated heterocycles. The standard InChI is InChI=1S/C25H21ClN2O6/c26-15-9-17-16(27-25(28-17)34-21-11-33-23-20(31)10-32-24(21)23)8-14(15)12-4-6-13(7-5-12)22-18(29)2-1-3-19(22)30/h1-9,20-21,23-24,29-31H,10-11H2,(H,27,28)/t20-,21-,23-,24-/m1/s1. The predicted octanol–water partition coefficient (Wildman–Crippen LogP) is 3.87. The molecule has 3 aromatic carbocycles. The molecule has 1 aromatic heterocycles. The van der Waals surface area contributed by atoms with E-state index in [9.17, 15) is 15.3 Å². The van der Waals surface area contributed by atoms with Crippen LogP contribution >= 0.6 is 11.6 Å². The van der Waals surface area contributed by atoms with Crippen molar-refractivity contribution >= 4 is 22.6 Å². The van der Waals surface area contributed by atoms with Gasteiger partial charge in [-0.2, -0.15) is 4.98 Å². The Morgan fingerprint density at radius 1 is 0.941 bits per heavy atom. The molecule has 2 aliphatic rings. The van der Waals surface area contributed by atoms with Gasteiger partial charge in [-0.05, 0) is 35.4 Å².